The number of para-hydroxylation sites is 1. The smallest absolute Gasteiger partial charge is 0.343 e. The third-order valence-electron chi connectivity index (χ3n) is 8.46. The van der Waals surface area contributed by atoms with Crippen LogP contribution in [0.15, 0.2) is 48.5 Å². The molecule has 0 fully saturated rings. The first-order valence-corrected chi connectivity index (χ1v) is 17.7. The fraction of sp³-hybridized carbons (Fsp3) is 0.667. The maximum atomic E-state index is 12.9. The predicted octanol–water partition coefficient (Wildman–Crippen LogP) is 12.4. The molecule has 0 heterocycles. The lowest BCUT2D eigenvalue weighted by Crippen LogP contribution is -2.10. The molecule has 2 aromatic rings. The molecule has 0 saturated heterocycles. The lowest BCUT2D eigenvalue weighted by molar-refractivity contribution is 0.0626. The Hall–Kier alpha value is -2.13. The van der Waals surface area contributed by atoms with Gasteiger partial charge in [-0.25, -0.2) is 4.79 Å². The van der Waals surface area contributed by atoms with E-state index in [2.05, 4.69) is 26.8 Å². The van der Waals surface area contributed by atoms with Gasteiger partial charge >= 0.3 is 5.97 Å². The second kappa shape index (κ2) is 24.3. The van der Waals surface area contributed by atoms with Gasteiger partial charge in [0.05, 0.1) is 11.7 Å². The number of hydrogen-bond donors (Lipinski definition) is 0. The van der Waals surface area contributed by atoms with Gasteiger partial charge in [-0.1, -0.05) is 160 Å². The Morgan fingerprint density at radius 2 is 1.07 bits per heavy atom. The number of carbonyl (C=O) groups is 1. The van der Waals surface area contributed by atoms with E-state index in [1.165, 1.54) is 116 Å². The molecule has 2 rings (SSSR count). The molecule has 3 nitrogen and oxygen atoms in total. The Bertz CT molecular complexity index is 919. The number of ether oxygens (including phenoxy) is 2. The van der Waals surface area contributed by atoms with Gasteiger partial charge in [-0.05, 0) is 55.5 Å². The minimum atomic E-state index is -0.295. The number of carbonyl (C=O) groups excluding carboxylic acids is 1. The summed E-state index contributed by atoms with van der Waals surface area (Å²) in [7, 11) is 0. The molecule has 2 aromatic carbocycles. The van der Waals surface area contributed by atoms with Crippen molar-refractivity contribution in [3.63, 3.8) is 0 Å². The maximum Gasteiger partial charge on any atom is 0.343 e. The summed E-state index contributed by atoms with van der Waals surface area (Å²) < 4.78 is 11.9. The van der Waals surface area contributed by atoms with Crippen LogP contribution in [0.3, 0.4) is 0 Å². The van der Waals surface area contributed by atoms with Crippen molar-refractivity contribution < 1.29 is 14.3 Å². The first-order valence-electron chi connectivity index (χ1n) is 17.7. The zero-order valence-electron chi connectivity index (χ0n) is 27.5. The third kappa shape index (κ3) is 16.5. The number of unbranched alkanes of at least 4 members (excludes halogenated alkanes) is 18. The zero-order chi connectivity index (χ0) is 30.1. The molecule has 3 heteroatoms. The Balaban J connectivity index is 1.63. The highest BCUT2D eigenvalue weighted by Gasteiger charge is 2.13. The number of hydrogen-bond acceptors (Lipinski definition) is 3. The van der Waals surface area contributed by atoms with Crippen LogP contribution in [0.1, 0.15) is 177 Å². The molecule has 0 saturated carbocycles. The minimum Gasteiger partial charge on any atom is -0.423 e. The van der Waals surface area contributed by atoms with Crippen LogP contribution in [-0.2, 0) is 11.2 Å². The topological polar surface area (TPSA) is 35.5 Å². The van der Waals surface area contributed by atoms with Crippen LogP contribution in [0.5, 0.6) is 5.75 Å². The molecule has 1 atom stereocenters. The van der Waals surface area contributed by atoms with E-state index in [0.717, 1.165) is 37.0 Å². The summed E-state index contributed by atoms with van der Waals surface area (Å²) in [5, 5.41) is 0. The van der Waals surface area contributed by atoms with Crippen LogP contribution in [0.4, 0.5) is 0 Å². The monoisotopic (exact) mass is 578 g/mol. The highest BCUT2D eigenvalue weighted by molar-refractivity contribution is 5.91. The molecule has 0 aromatic heterocycles. The largest absolute Gasteiger partial charge is 0.423 e. The summed E-state index contributed by atoms with van der Waals surface area (Å²) in [6.45, 7) is 7.42. The summed E-state index contributed by atoms with van der Waals surface area (Å²) in [5.74, 6) is 0.395. The van der Waals surface area contributed by atoms with Gasteiger partial charge in [0.15, 0.2) is 0 Å². The first-order chi connectivity index (χ1) is 20.7. The number of esters is 1. The summed E-state index contributed by atoms with van der Waals surface area (Å²) in [6.07, 6.45) is 27.5. The minimum absolute atomic E-state index is 0.0235. The molecule has 0 aliphatic heterocycles. The highest BCUT2D eigenvalue weighted by atomic mass is 16.5. The van der Waals surface area contributed by atoms with Crippen molar-refractivity contribution in [2.24, 2.45) is 0 Å². The molecule has 0 N–H and O–H groups in total. The van der Waals surface area contributed by atoms with Gasteiger partial charge in [-0.2, -0.15) is 0 Å². The summed E-state index contributed by atoms with van der Waals surface area (Å²) in [4.78, 5) is 12.9. The van der Waals surface area contributed by atoms with Crippen molar-refractivity contribution in [2.75, 3.05) is 6.61 Å². The van der Waals surface area contributed by atoms with E-state index in [-0.39, 0.29) is 12.1 Å². The van der Waals surface area contributed by atoms with Crippen molar-refractivity contribution in [3.8, 4) is 5.75 Å². The number of rotatable bonds is 26. The molecule has 0 spiro atoms. The van der Waals surface area contributed by atoms with Crippen molar-refractivity contribution >= 4 is 5.97 Å². The van der Waals surface area contributed by atoms with E-state index in [4.69, 9.17) is 9.47 Å². The molecular formula is C39H62O3. The number of aryl methyl sites for hydroxylation is 1. The molecule has 1 unspecified atom stereocenters. The second-order valence-corrected chi connectivity index (χ2v) is 12.2. The van der Waals surface area contributed by atoms with Gasteiger partial charge in [0, 0.05) is 6.61 Å². The standard InChI is InChI=1S/C39H62O3/c1-4-6-8-10-12-14-16-18-20-22-26-36-27-23-24-28-38(36)42-39(40)37-31-29-35(30-32-37)34(3)41-33-25-21-19-17-15-13-11-9-7-5-2/h23-24,27-32,34H,4-22,25-26,33H2,1-3H3. The van der Waals surface area contributed by atoms with Gasteiger partial charge in [0.25, 0.3) is 0 Å². The van der Waals surface area contributed by atoms with Crippen molar-refractivity contribution in [1.82, 2.24) is 0 Å². The third-order valence-corrected chi connectivity index (χ3v) is 8.46. The predicted molar refractivity (Wildman–Crippen MR) is 180 cm³/mol. The fourth-order valence-electron chi connectivity index (χ4n) is 5.61. The molecule has 0 radical (unpaired) electrons. The fourth-order valence-corrected chi connectivity index (χ4v) is 5.61. The molecule has 0 aliphatic carbocycles. The summed E-state index contributed by atoms with van der Waals surface area (Å²) in [5.41, 5.74) is 2.80. The van der Waals surface area contributed by atoms with Crippen LogP contribution in [0, 0.1) is 0 Å². The van der Waals surface area contributed by atoms with Gasteiger partial charge in [-0.3, -0.25) is 0 Å². The van der Waals surface area contributed by atoms with Gasteiger partial charge in [0.2, 0.25) is 0 Å². The van der Waals surface area contributed by atoms with Crippen molar-refractivity contribution in [3.05, 3.63) is 65.2 Å². The number of benzene rings is 2. The van der Waals surface area contributed by atoms with E-state index in [9.17, 15) is 4.79 Å². The molecular weight excluding hydrogens is 516 g/mol. The zero-order valence-corrected chi connectivity index (χ0v) is 27.5. The van der Waals surface area contributed by atoms with Crippen LogP contribution < -0.4 is 4.74 Å². The Morgan fingerprint density at radius 3 is 1.62 bits per heavy atom. The molecule has 0 bridgehead atoms. The molecule has 0 aliphatic rings. The average Bonchev–Trinajstić information content (AvgIpc) is 3.01. The molecule has 0 amide bonds. The van der Waals surface area contributed by atoms with Gasteiger partial charge in [0.1, 0.15) is 5.75 Å². The summed E-state index contributed by atoms with van der Waals surface area (Å²) in [6, 6.07) is 15.7. The quantitative estimate of drug-likeness (QED) is 0.0632. The normalized spacial score (nSPS) is 12.0. The Kier molecular flexibility index (Phi) is 20.9. The molecule has 236 valence electrons. The van der Waals surface area contributed by atoms with E-state index in [1.54, 1.807) is 0 Å². The van der Waals surface area contributed by atoms with Crippen LogP contribution >= 0.6 is 0 Å². The van der Waals surface area contributed by atoms with E-state index >= 15 is 0 Å². The van der Waals surface area contributed by atoms with Crippen LogP contribution in [0.2, 0.25) is 0 Å². The van der Waals surface area contributed by atoms with E-state index in [1.807, 2.05) is 42.5 Å². The Morgan fingerprint density at radius 1 is 0.595 bits per heavy atom. The molecule has 42 heavy (non-hydrogen) atoms. The summed E-state index contributed by atoms with van der Waals surface area (Å²) >= 11 is 0. The van der Waals surface area contributed by atoms with Gasteiger partial charge in [-0.15, -0.1) is 0 Å². The van der Waals surface area contributed by atoms with E-state index < -0.39 is 0 Å². The van der Waals surface area contributed by atoms with Gasteiger partial charge < -0.3 is 9.47 Å². The SMILES string of the molecule is CCCCCCCCCCCCOC(C)c1ccc(C(=O)Oc2ccccc2CCCCCCCCCCCC)cc1. The average molecular weight is 579 g/mol. The first kappa shape index (κ1) is 36.1. The van der Waals surface area contributed by atoms with Crippen LogP contribution in [-0.4, -0.2) is 12.6 Å². The lowest BCUT2D eigenvalue weighted by atomic mass is 10.0. The Labute approximate surface area is 259 Å². The lowest BCUT2D eigenvalue weighted by Gasteiger charge is -2.14. The second-order valence-electron chi connectivity index (χ2n) is 12.2. The van der Waals surface area contributed by atoms with Crippen LogP contribution in [0.25, 0.3) is 0 Å². The van der Waals surface area contributed by atoms with Crippen molar-refractivity contribution in [1.29, 1.82) is 0 Å². The van der Waals surface area contributed by atoms with Crippen molar-refractivity contribution in [2.45, 2.75) is 162 Å². The maximum absolute atomic E-state index is 12.9. The highest BCUT2D eigenvalue weighted by Crippen LogP contribution is 2.24. The van der Waals surface area contributed by atoms with E-state index in [0.29, 0.717) is 11.3 Å².